The Morgan fingerprint density at radius 3 is 2.88 bits per heavy atom. The minimum absolute atomic E-state index is 0.787. The second-order valence-corrected chi connectivity index (χ2v) is 2.15. The van der Waals surface area contributed by atoms with Crippen molar-refractivity contribution in [2.75, 3.05) is 6.54 Å². The van der Waals surface area contributed by atoms with E-state index >= 15 is 0 Å². The van der Waals surface area contributed by atoms with Crippen molar-refractivity contribution in [3.8, 4) is 0 Å². The highest BCUT2D eigenvalue weighted by Gasteiger charge is 2.14. The Kier molecular flexibility index (Phi) is 1.56. The number of allylic oxidation sites excluding steroid dienone is 1. The summed E-state index contributed by atoms with van der Waals surface area (Å²) in [5, 5.41) is 2.33. The Morgan fingerprint density at radius 1 is 1.88 bits per heavy atom. The summed E-state index contributed by atoms with van der Waals surface area (Å²) in [4.78, 5) is 3.79. The Hall–Kier alpha value is -0.460. The second kappa shape index (κ2) is 2.21. The van der Waals surface area contributed by atoms with E-state index in [0.717, 1.165) is 6.54 Å². The molecule has 0 saturated carbocycles. The van der Waals surface area contributed by atoms with Crippen molar-refractivity contribution in [3.63, 3.8) is 0 Å². The standard InChI is InChI=1S/C6H7NS/c1-5-2-6(5)3-7-4-8/h2-3H2,1H3. The fraction of sp³-hybridized carbons (Fsp3) is 0.500. The largest absolute Gasteiger partial charge is 0.228 e. The van der Waals surface area contributed by atoms with Crippen LogP contribution in [0.5, 0.6) is 0 Å². The van der Waals surface area contributed by atoms with E-state index in [1.165, 1.54) is 17.6 Å². The van der Waals surface area contributed by atoms with Gasteiger partial charge in [0.15, 0.2) is 0 Å². The third kappa shape index (κ3) is 1.25. The molecule has 0 fully saturated rings. The predicted molar refractivity (Wildman–Crippen MR) is 37.2 cm³/mol. The summed E-state index contributed by atoms with van der Waals surface area (Å²) in [5.74, 6) is 0. The van der Waals surface area contributed by atoms with Gasteiger partial charge in [0.1, 0.15) is 0 Å². The molecule has 1 aliphatic rings. The monoisotopic (exact) mass is 125 g/mol. The van der Waals surface area contributed by atoms with Gasteiger partial charge in [-0.2, -0.15) is 0 Å². The van der Waals surface area contributed by atoms with Crippen LogP contribution in [0.3, 0.4) is 0 Å². The topological polar surface area (TPSA) is 12.4 Å². The van der Waals surface area contributed by atoms with Crippen LogP contribution in [-0.2, 0) is 0 Å². The minimum Gasteiger partial charge on any atom is -0.228 e. The summed E-state index contributed by atoms with van der Waals surface area (Å²) >= 11 is 4.40. The van der Waals surface area contributed by atoms with Gasteiger partial charge >= 0.3 is 0 Å². The number of hydrogen-bond acceptors (Lipinski definition) is 2. The smallest absolute Gasteiger partial charge is 0.0709 e. The number of aliphatic imine (C=N–C) groups is 1. The van der Waals surface area contributed by atoms with Crippen molar-refractivity contribution in [3.05, 3.63) is 11.1 Å². The summed E-state index contributed by atoms with van der Waals surface area (Å²) in [5.41, 5.74) is 2.90. The zero-order chi connectivity index (χ0) is 5.98. The van der Waals surface area contributed by atoms with E-state index in [1.807, 2.05) is 0 Å². The highest BCUT2D eigenvalue weighted by Crippen LogP contribution is 2.29. The molecule has 1 aliphatic carbocycles. The first-order valence-electron chi connectivity index (χ1n) is 2.55. The van der Waals surface area contributed by atoms with Crippen LogP contribution in [0.1, 0.15) is 13.3 Å². The molecule has 0 radical (unpaired) electrons. The minimum atomic E-state index is 0.787. The van der Waals surface area contributed by atoms with Crippen LogP contribution in [-0.4, -0.2) is 11.7 Å². The van der Waals surface area contributed by atoms with Crippen LogP contribution in [0.2, 0.25) is 0 Å². The first-order valence-corrected chi connectivity index (χ1v) is 2.96. The number of nitrogens with zero attached hydrogens (tertiary/aromatic N) is 1. The van der Waals surface area contributed by atoms with E-state index in [4.69, 9.17) is 0 Å². The maximum atomic E-state index is 4.40. The zero-order valence-electron chi connectivity index (χ0n) is 4.77. The molecule has 2 heteroatoms. The maximum absolute atomic E-state index is 4.40. The van der Waals surface area contributed by atoms with E-state index in [9.17, 15) is 0 Å². The molecule has 0 bridgehead atoms. The highest BCUT2D eigenvalue weighted by molar-refractivity contribution is 7.78. The molecule has 42 valence electrons. The molecular weight excluding hydrogens is 118 g/mol. The molecule has 1 nitrogen and oxygen atoms in total. The van der Waals surface area contributed by atoms with Gasteiger partial charge in [0.25, 0.3) is 0 Å². The van der Waals surface area contributed by atoms with Gasteiger partial charge in [0.05, 0.1) is 11.7 Å². The molecule has 0 aromatic carbocycles. The first kappa shape index (κ1) is 5.67. The van der Waals surface area contributed by atoms with Gasteiger partial charge in [-0.3, -0.25) is 0 Å². The van der Waals surface area contributed by atoms with Crippen molar-refractivity contribution < 1.29 is 0 Å². The predicted octanol–water partition coefficient (Wildman–Crippen LogP) is 1.81. The third-order valence-corrected chi connectivity index (χ3v) is 1.42. The zero-order valence-corrected chi connectivity index (χ0v) is 5.59. The maximum Gasteiger partial charge on any atom is 0.0709 e. The second-order valence-electron chi connectivity index (χ2n) is 1.97. The van der Waals surface area contributed by atoms with Crippen LogP contribution >= 0.6 is 12.2 Å². The Balaban J connectivity index is 2.33. The summed E-state index contributed by atoms with van der Waals surface area (Å²) in [6, 6.07) is 0. The number of thiocarbonyl (C=S) groups is 1. The van der Waals surface area contributed by atoms with Gasteiger partial charge in [0, 0.05) is 0 Å². The highest BCUT2D eigenvalue weighted by atomic mass is 32.1. The molecule has 0 N–H and O–H groups in total. The molecule has 0 atom stereocenters. The summed E-state index contributed by atoms with van der Waals surface area (Å²) in [6.07, 6.45) is 1.17. The molecule has 0 spiro atoms. The Labute approximate surface area is 54.1 Å². The van der Waals surface area contributed by atoms with E-state index in [2.05, 4.69) is 29.3 Å². The molecule has 8 heavy (non-hydrogen) atoms. The lowest BCUT2D eigenvalue weighted by molar-refractivity contribution is 1.20. The van der Waals surface area contributed by atoms with Crippen LogP contribution in [0.25, 0.3) is 0 Å². The van der Waals surface area contributed by atoms with Gasteiger partial charge in [-0.05, 0) is 31.1 Å². The van der Waals surface area contributed by atoms with Gasteiger partial charge in [0.2, 0.25) is 0 Å². The van der Waals surface area contributed by atoms with E-state index in [0.29, 0.717) is 0 Å². The molecule has 0 aromatic rings. The lowest BCUT2D eigenvalue weighted by Crippen LogP contribution is -1.69. The fourth-order valence-corrected chi connectivity index (χ4v) is 0.659. The third-order valence-electron chi connectivity index (χ3n) is 1.29. The van der Waals surface area contributed by atoms with Crippen molar-refractivity contribution in [1.82, 2.24) is 0 Å². The molecule has 0 aliphatic heterocycles. The number of rotatable bonds is 2. The molecular formula is C6H7NS. The molecule has 0 aromatic heterocycles. The Morgan fingerprint density at radius 2 is 2.50 bits per heavy atom. The number of isothiocyanates is 1. The van der Waals surface area contributed by atoms with Crippen molar-refractivity contribution in [2.45, 2.75) is 13.3 Å². The van der Waals surface area contributed by atoms with Crippen LogP contribution in [0.15, 0.2) is 16.1 Å². The molecule has 0 heterocycles. The Bertz CT molecular complexity index is 175. The first-order chi connectivity index (χ1) is 3.84. The van der Waals surface area contributed by atoms with Crippen molar-refractivity contribution >= 4 is 17.4 Å². The van der Waals surface area contributed by atoms with Gasteiger partial charge in [-0.25, -0.2) is 4.99 Å². The average molecular weight is 125 g/mol. The lowest BCUT2D eigenvalue weighted by atomic mass is 10.5. The van der Waals surface area contributed by atoms with Crippen LogP contribution in [0, 0.1) is 0 Å². The fourth-order valence-electron chi connectivity index (χ4n) is 0.594. The summed E-state index contributed by atoms with van der Waals surface area (Å²) in [7, 11) is 0. The number of hydrogen-bond donors (Lipinski definition) is 0. The molecule has 1 rings (SSSR count). The average Bonchev–Trinajstić information content (AvgIpc) is 2.42. The van der Waals surface area contributed by atoms with E-state index in [1.54, 1.807) is 0 Å². The van der Waals surface area contributed by atoms with E-state index in [-0.39, 0.29) is 0 Å². The molecule has 0 saturated heterocycles. The van der Waals surface area contributed by atoms with Crippen molar-refractivity contribution in [1.29, 1.82) is 0 Å². The lowest BCUT2D eigenvalue weighted by Gasteiger charge is -1.73. The van der Waals surface area contributed by atoms with Crippen LogP contribution in [0.4, 0.5) is 0 Å². The molecule has 0 amide bonds. The van der Waals surface area contributed by atoms with Crippen molar-refractivity contribution in [2.24, 2.45) is 4.99 Å². The SMILES string of the molecule is CC1=C(CN=C=S)C1. The van der Waals surface area contributed by atoms with Gasteiger partial charge in [-0.1, -0.05) is 5.57 Å². The normalized spacial score (nSPS) is 15.6. The summed E-state index contributed by atoms with van der Waals surface area (Å²) < 4.78 is 0. The van der Waals surface area contributed by atoms with Gasteiger partial charge in [-0.15, -0.1) is 0 Å². The quantitative estimate of drug-likeness (QED) is 0.311. The van der Waals surface area contributed by atoms with E-state index < -0.39 is 0 Å². The van der Waals surface area contributed by atoms with Gasteiger partial charge < -0.3 is 0 Å². The van der Waals surface area contributed by atoms with Crippen LogP contribution < -0.4 is 0 Å². The molecule has 0 unspecified atom stereocenters. The summed E-state index contributed by atoms with van der Waals surface area (Å²) in [6.45, 7) is 2.91.